The first kappa shape index (κ1) is 17.7. The van der Waals surface area contributed by atoms with Gasteiger partial charge in [0.25, 0.3) is 0 Å². The molecule has 6 heteroatoms. The second-order valence-corrected chi connectivity index (χ2v) is 6.86. The first-order valence-corrected chi connectivity index (χ1v) is 8.95. The topological polar surface area (TPSA) is 71.7 Å². The first-order chi connectivity index (χ1) is 13.0. The Morgan fingerprint density at radius 1 is 0.963 bits per heavy atom. The van der Waals surface area contributed by atoms with E-state index in [1.807, 2.05) is 48.2 Å². The van der Waals surface area contributed by atoms with Gasteiger partial charge >= 0.3 is 0 Å². The van der Waals surface area contributed by atoms with E-state index in [2.05, 4.69) is 4.90 Å². The van der Waals surface area contributed by atoms with Gasteiger partial charge < -0.3 is 15.1 Å². The third kappa shape index (κ3) is 3.47. The molecule has 27 heavy (non-hydrogen) atoms. The number of anilines is 1. The van der Waals surface area contributed by atoms with Crippen molar-refractivity contribution in [3.8, 4) is 0 Å². The lowest BCUT2D eigenvalue weighted by molar-refractivity contribution is 0.102. The van der Waals surface area contributed by atoms with Gasteiger partial charge in [-0.25, -0.2) is 9.29 Å². The van der Waals surface area contributed by atoms with Gasteiger partial charge in [-0.3, -0.25) is 5.73 Å². The maximum absolute atomic E-state index is 13.3. The van der Waals surface area contributed by atoms with Crippen molar-refractivity contribution >= 4 is 5.69 Å². The summed E-state index contributed by atoms with van der Waals surface area (Å²) in [6, 6.07) is 18.3. The van der Waals surface area contributed by atoms with E-state index in [4.69, 9.17) is 15.9 Å². The zero-order valence-corrected chi connectivity index (χ0v) is 15.2. The molecule has 0 amide bonds. The summed E-state index contributed by atoms with van der Waals surface area (Å²) in [6.07, 6.45) is -0.781. The molecular formula is C21H23FN4O. The number of hydrogen-bond acceptors (Lipinski definition) is 5. The van der Waals surface area contributed by atoms with Crippen molar-refractivity contribution in [1.82, 2.24) is 4.90 Å². The van der Waals surface area contributed by atoms with Gasteiger partial charge in [0.1, 0.15) is 23.6 Å². The summed E-state index contributed by atoms with van der Waals surface area (Å²) in [6.45, 7) is 2.97. The van der Waals surface area contributed by atoms with E-state index in [0.717, 1.165) is 28.3 Å². The van der Waals surface area contributed by atoms with E-state index < -0.39 is 6.29 Å². The van der Waals surface area contributed by atoms with Gasteiger partial charge in [0.2, 0.25) is 0 Å². The minimum absolute atomic E-state index is 0.251. The SMILES string of the molecule is Cc1ccc(CN2C(N)c3ccccc3N(Cc3ccc(F)cc3)C2N)o1. The summed E-state index contributed by atoms with van der Waals surface area (Å²) in [5.41, 5.74) is 16.1. The molecule has 0 saturated heterocycles. The van der Waals surface area contributed by atoms with E-state index in [1.54, 1.807) is 12.1 Å². The van der Waals surface area contributed by atoms with Gasteiger partial charge in [-0.05, 0) is 42.8 Å². The third-order valence-corrected chi connectivity index (χ3v) is 4.98. The van der Waals surface area contributed by atoms with E-state index >= 15 is 0 Å². The summed E-state index contributed by atoms with van der Waals surface area (Å²) >= 11 is 0. The molecule has 0 fully saturated rings. The molecular weight excluding hydrogens is 343 g/mol. The van der Waals surface area contributed by atoms with Crippen LogP contribution in [0.5, 0.6) is 0 Å². The Morgan fingerprint density at radius 3 is 2.41 bits per heavy atom. The number of furan rings is 1. The average Bonchev–Trinajstić information content (AvgIpc) is 3.09. The van der Waals surface area contributed by atoms with Crippen molar-refractivity contribution < 1.29 is 8.81 Å². The van der Waals surface area contributed by atoms with Crippen molar-refractivity contribution in [2.24, 2.45) is 11.5 Å². The Morgan fingerprint density at radius 2 is 1.70 bits per heavy atom. The van der Waals surface area contributed by atoms with Crippen LogP contribution in [0.2, 0.25) is 0 Å². The van der Waals surface area contributed by atoms with Crippen LogP contribution >= 0.6 is 0 Å². The molecule has 3 aromatic rings. The quantitative estimate of drug-likeness (QED) is 0.740. The Balaban J connectivity index is 1.68. The molecule has 0 aliphatic carbocycles. The van der Waals surface area contributed by atoms with Crippen molar-refractivity contribution in [1.29, 1.82) is 0 Å². The van der Waals surface area contributed by atoms with Crippen molar-refractivity contribution in [2.45, 2.75) is 32.5 Å². The van der Waals surface area contributed by atoms with Crippen LogP contribution in [-0.4, -0.2) is 11.2 Å². The molecule has 2 aromatic carbocycles. The number of rotatable bonds is 4. The fraction of sp³-hybridized carbons (Fsp3) is 0.238. The Kier molecular flexibility index (Phi) is 4.70. The smallest absolute Gasteiger partial charge is 0.137 e. The molecule has 4 rings (SSSR count). The van der Waals surface area contributed by atoms with Gasteiger partial charge in [-0.2, -0.15) is 0 Å². The molecule has 2 heterocycles. The zero-order valence-electron chi connectivity index (χ0n) is 15.2. The molecule has 2 unspecified atom stereocenters. The molecule has 0 spiro atoms. The standard InChI is InChI=1S/C21H23FN4O/c1-14-6-11-17(27-14)13-26-20(23)18-4-2-3-5-19(18)25(21(26)24)12-15-7-9-16(22)10-8-15/h2-11,20-21H,12-13,23-24H2,1H3. The van der Waals surface area contributed by atoms with Gasteiger partial charge in [-0.1, -0.05) is 30.3 Å². The highest BCUT2D eigenvalue weighted by Gasteiger charge is 2.35. The fourth-order valence-corrected chi connectivity index (χ4v) is 3.57. The van der Waals surface area contributed by atoms with Crippen molar-refractivity contribution in [3.63, 3.8) is 0 Å². The summed E-state index contributed by atoms with van der Waals surface area (Å²) in [4.78, 5) is 4.09. The molecule has 0 saturated carbocycles. The van der Waals surface area contributed by atoms with Crippen LogP contribution in [0.25, 0.3) is 0 Å². The van der Waals surface area contributed by atoms with Crippen molar-refractivity contribution in [3.05, 3.63) is 89.1 Å². The normalized spacial score (nSPS) is 19.9. The second-order valence-electron chi connectivity index (χ2n) is 6.86. The van der Waals surface area contributed by atoms with E-state index in [0.29, 0.717) is 13.1 Å². The highest BCUT2D eigenvalue weighted by atomic mass is 19.1. The first-order valence-electron chi connectivity index (χ1n) is 8.95. The van der Waals surface area contributed by atoms with Crippen molar-refractivity contribution in [2.75, 3.05) is 4.90 Å². The second kappa shape index (κ2) is 7.15. The summed E-state index contributed by atoms with van der Waals surface area (Å²) in [5, 5.41) is 0. The molecule has 2 atom stereocenters. The predicted octanol–water partition coefficient (Wildman–Crippen LogP) is 3.45. The predicted molar refractivity (Wildman–Crippen MR) is 103 cm³/mol. The number of hydrogen-bond donors (Lipinski definition) is 2. The van der Waals surface area contributed by atoms with Crippen LogP contribution in [-0.2, 0) is 13.1 Å². The van der Waals surface area contributed by atoms with Crippen LogP contribution in [0.15, 0.2) is 65.1 Å². The van der Waals surface area contributed by atoms with Crippen LogP contribution < -0.4 is 16.4 Å². The lowest BCUT2D eigenvalue weighted by Crippen LogP contribution is -2.59. The van der Waals surface area contributed by atoms with E-state index in [-0.39, 0.29) is 12.0 Å². The number of para-hydroxylation sites is 1. The maximum Gasteiger partial charge on any atom is 0.137 e. The van der Waals surface area contributed by atoms with Crippen LogP contribution in [0.3, 0.4) is 0 Å². The van der Waals surface area contributed by atoms with Crippen LogP contribution in [0.4, 0.5) is 10.1 Å². The molecule has 0 radical (unpaired) electrons. The molecule has 1 aromatic heterocycles. The largest absolute Gasteiger partial charge is 0.465 e. The molecule has 1 aliphatic rings. The highest BCUT2D eigenvalue weighted by Crippen LogP contribution is 2.36. The minimum atomic E-state index is -0.439. The van der Waals surface area contributed by atoms with Gasteiger partial charge in [0, 0.05) is 17.8 Å². The third-order valence-electron chi connectivity index (χ3n) is 4.98. The molecule has 5 nitrogen and oxygen atoms in total. The van der Waals surface area contributed by atoms with Crippen LogP contribution in [0, 0.1) is 12.7 Å². The minimum Gasteiger partial charge on any atom is -0.465 e. The number of fused-ring (bicyclic) bond motifs is 1. The number of benzene rings is 2. The molecule has 4 N–H and O–H groups in total. The van der Waals surface area contributed by atoms with E-state index in [9.17, 15) is 4.39 Å². The number of halogens is 1. The average molecular weight is 366 g/mol. The number of nitrogens with two attached hydrogens (primary N) is 2. The van der Waals surface area contributed by atoms with Crippen LogP contribution in [0.1, 0.15) is 28.8 Å². The number of nitrogens with zero attached hydrogens (tertiary/aromatic N) is 2. The molecule has 0 bridgehead atoms. The summed E-state index contributed by atoms with van der Waals surface area (Å²) in [7, 11) is 0. The maximum atomic E-state index is 13.3. The molecule has 140 valence electrons. The zero-order chi connectivity index (χ0) is 19.0. The summed E-state index contributed by atoms with van der Waals surface area (Å²) < 4.78 is 19.0. The summed E-state index contributed by atoms with van der Waals surface area (Å²) in [5.74, 6) is 1.42. The Labute approximate surface area is 158 Å². The number of aryl methyl sites for hydroxylation is 1. The van der Waals surface area contributed by atoms with E-state index in [1.165, 1.54) is 12.1 Å². The Hall–Kier alpha value is -2.67. The van der Waals surface area contributed by atoms with Gasteiger partial charge in [-0.15, -0.1) is 0 Å². The highest BCUT2D eigenvalue weighted by molar-refractivity contribution is 5.57. The fourth-order valence-electron chi connectivity index (χ4n) is 3.57. The monoisotopic (exact) mass is 366 g/mol. The molecule has 1 aliphatic heterocycles. The van der Waals surface area contributed by atoms with Gasteiger partial charge in [0.05, 0.1) is 12.7 Å². The Bertz CT molecular complexity index is 924. The lowest BCUT2D eigenvalue weighted by atomic mass is 10.0. The lowest BCUT2D eigenvalue weighted by Gasteiger charge is -2.47. The van der Waals surface area contributed by atoms with Gasteiger partial charge in [0.15, 0.2) is 0 Å².